The lowest BCUT2D eigenvalue weighted by Crippen LogP contribution is -2.60. The van der Waals surface area contributed by atoms with Crippen LogP contribution in [0.5, 0.6) is 0 Å². The van der Waals surface area contributed by atoms with E-state index in [1.165, 1.54) is 0 Å². The molecule has 33 heavy (non-hydrogen) atoms. The van der Waals surface area contributed by atoms with Crippen LogP contribution in [0.15, 0.2) is 54.6 Å². The Labute approximate surface area is 201 Å². The second-order valence-electron chi connectivity index (χ2n) is 8.90. The maximum atomic E-state index is 13.0. The number of benzene rings is 2. The number of nitrogens with zero attached hydrogens (tertiary/aromatic N) is 2. The van der Waals surface area contributed by atoms with Crippen molar-refractivity contribution in [3.63, 3.8) is 0 Å². The molecule has 178 valence electrons. The highest BCUT2D eigenvalue weighted by molar-refractivity contribution is 5.94. The van der Waals surface area contributed by atoms with Crippen molar-refractivity contribution in [1.82, 2.24) is 9.80 Å². The van der Waals surface area contributed by atoms with E-state index in [0.717, 1.165) is 55.7 Å². The molecular weight excluding hydrogens is 440 g/mol. The van der Waals surface area contributed by atoms with Gasteiger partial charge in [-0.3, -0.25) is 4.79 Å². The Bertz CT molecular complexity index is 948. The SMILES string of the molecule is CC1CN(C(=O)c2ccccc2)CC2(CCN(CCc3ccccc3NC(N)=O)CC2)O1.Cl. The minimum absolute atomic E-state index is 0. The van der Waals surface area contributed by atoms with E-state index < -0.39 is 6.03 Å². The van der Waals surface area contributed by atoms with Crippen LogP contribution in [0.3, 0.4) is 0 Å². The van der Waals surface area contributed by atoms with Crippen LogP contribution in [0.1, 0.15) is 35.7 Å². The van der Waals surface area contributed by atoms with Crippen LogP contribution in [-0.2, 0) is 11.2 Å². The summed E-state index contributed by atoms with van der Waals surface area (Å²) in [7, 11) is 0. The number of morpholine rings is 1. The molecule has 0 aromatic heterocycles. The lowest BCUT2D eigenvalue weighted by Gasteiger charge is -2.49. The summed E-state index contributed by atoms with van der Waals surface area (Å²) in [6.07, 6.45) is 2.66. The van der Waals surface area contributed by atoms with Gasteiger partial charge in [0, 0.05) is 37.4 Å². The molecule has 2 saturated heterocycles. The molecule has 2 fully saturated rings. The molecule has 0 aliphatic carbocycles. The molecule has 0 saturated carbocycles. The molecule has 0 bridgehead atoms. The molecular formula is C25H33ClN4O3. The van der Waals surface area contributed by atoms with Gasteiger partial charge in [0.25, 0.3) is 5.91 Å². The van der Waals surface area contributed by atoms with E-state index in [0.29, 0.717) is 13.1 Å². The Kier molecular flexibility index (Phi) is 8.35. The lowest BCUT2D eigenvalue weighted by atomic mass is 9.88. The molecule has 0 radical (unpaired) electrons. The number of ether oxygens (including phenoxy) is 1. The minimum atomic E-state index is -0.546. The number of anilines is 1. The van der Waals surface area contributed by atoms with Gasteiger partial charge in [0.05, 0.1) is 18.2 Å². The first-order chi connectivity index (χ1) is 15.4. The van der Waals surface area contributed by atoms with Crippen LogP contribution in [-0.4, -0.2) is 66.2 Å². The number of hydrogen-bond acceptors (Lipinski definition) is 4. The number of piperidine rings is 1. The molecule has 3 amide bonds. The third kappa shape index (κ3) is 6.25. The zero-order valence-electron chi connectivity index (χ0n) is 19.0. The number of primary amides is 1. The number of urea groups is 1. The second-order valence-corrected chi connectivity index (χ2v) is 8.90. The molecule has 4 rings (SSSR count). The van der Waals surface area contributed by atoms with E-state index in [-0.39, 0.29) is 30.0 Å². The van der Waals surface area contributed by atoms with Crippen molar-refractivity contribution < 1.29 is 14.3 Å². The van der Waals surface area contributed by atoms with Gasteiger partial charge in [-0.05, 0) is 49.9 Å². The summed E-state index contributed by atoms with van der Waals surface area (Å²) in [4.78, 5) is 28.7. The summed E-state index contributed by atoms with van der Waals surface area (Å²) in [5, 5.41) is 2.70. The van der Waals surface area contributed by atoms with Gasteiger partial charge in [0.1, 0.15) is 0 Å². The normalized spacial score (nSPS) is 20.2. The Morgan fingerprint density at radius 3 is 2.45 bits per heavy atom. The average Bonchev–Trinajstić information content (AvgIpc) is 2.79. The van der Waals surface area contributed by atoms with Gasteiger partial charge in [0.15, 0.2) is 0 Å². The highest BCUT2D eigenvalue weighted by Gasteiger charge is 2.43. The topological polar surface area (TPSA) is 87.9 Å². The van der Waals surface area contributed by atoms with Crippen LogP contribution >= 0.6 is 12.4 Å². The number of halogens is 1. The summed E-state index contributed by atoms with van der Waals surface area (Å²) in [6, 6.07) is 16.7. The predicted octanol–water partition coefficient (Wildman–Crippen LogP) is 3.54. The molecule has 3 N–H and O–H groups in total. The highest BCUT2D eigenvalue weighted by Crippen LogP contribution is 2.33. The third-order valence-corrected chi connectivity index (χ3v) is 6.46. The second kappa shape index (κ2) is 11.0. The number of hydrogen-bond donors (Lipinski definition) is 2. The monoisotopic (exact) mass is 472 g/mol. The van der Waals surface area contributed by atoms with Gasteiger partial charge in [0.2, 0.25) is 0 Å². The van der Waals surface area contributed by atoms with Crippen molar-refractivity contribution >= 4 is 30.0 Å². The summed E-state index contributed by atoms with van der Waals surface area (Å²) >= 11 is 0. The van der Waals surface area contributed by atoms with Gasteiger partial charge in [-0.2, -0.15) is 0 Å². The van der Waals surface area contributed by atoms with E-state index >= 15 is 0 Å². The Morgan fingerprint density at radius 1 is 1.09 bits per heavy atom. The van der Waals surface area contributed by atoms with Gasteiger partial charge < -0.3 is 25.6 Å². The quantitative estimate of drug-likeness (QED) is 0.696. The molecule has 2 aromatic rings. The van der Waals surface area contributed by atoms with Crippen LogP contribution in [0, 0.1) is 0 Å². The summed E-state index contributed by atoms with van der Waals surface area (Å²) < 4.78 is 6.42. The molecule has 2 aliphatic rings. The molecule has 1 unspecified atom stereocenters. The summed E-state index contributed by atoms with van der Waals surface area (Å²) in [6.45, 7) is 6.07. The van der Waals surface area contributed by atoms with Gasteiger partial charge >= 0.3 is 6.03 Å². The first-order valence-electron chi connectivity index (χ1n) is 11.3. The molecule has 2 aromatic carbocycles. The number of rotatable bonds is 5. The first-order valence-corrected chi connectivity index (χ1v) is 11.3. The van der Waals surface area contributed by atoms with Crippen molar-refractivity contribution in [1.29, 1.82) is 0 Å². The largest absolute Gasteiger partial charge is 0.368 e. The van der Waals surface area contributed by atoms with Crippen LogP contribution in [0.4, 0.5) is 10.5 Å². The molecule has 2 aliphatic heterocycles. The standard InChI is InChI=1S/C25H32N4O3.ClH/c1-19-17-29(23(30)21-8-3-2-4-9-21)18-25(32-19)12-15-28(16-13-25)14-11-20-7-5-6-10-22(20)27-24(26)31;/h2-10,19H,11-18H2,1H3,(H3,26,27,31);1H. The number of carbonyl (C=O) groups excluding carboxylic acids is 2. The number of nitrogens with one attached hydrogen (secondary N) is 1. The van der Waals surface area contributed by atoms with Crippen molar-refractivity contribution in [2.75, 3.05) is 38.0 Å². The maximum absolute atomic E-state index is 13.0. The lowest BCUT2D eigenvalue weighted by molar-refractivity contribution is -0.161. The van der Waals surface area contributed by atoms with Crippen molar-refractivity contribution in [3.8, 4) is 0 Å². The van der Waals surface area contributed by atoms with Gasteiger partial charge in [-0.25, -0.2) is 4.79 Å². The molecule has 2 heterocycles. The van der Waals surface area contributed by atoms with E-state index in [1.54, 1.807) is 0 Å². The fraction of sp³-hybridized carbons (Fsp3) is 0.440. The highest BCUT2D eigenvalue weighted by atomic mass is 35.5. The molecule has 8 heteroatoms. The first kappa shape index (κ1) is 25.0. The molecule has 7 nitrogen and oxygen atoms in total. The number of amides is 3. The van der Waals surface area contributed by atoms with Crippen LogP contribution in [0.25, 0.3) is 0 Å². The van der Waals surface area contributed by atoms with Crippen molar-refractivity contribution in [3.05, 3.63) is 65.7 Å². The zero-order chi connectivity index (χ0) is 22.6. The van der Waals surface area contributed by atoms with E-state index in [9.17, 15) is 9.59 Å². The number of para-hydroxylation sites is 1. The van der Waals surface area contributed by atoms with E-state index in [4.69, 9.17) is 10.5 Å². The van der Waals surface area contributed by atoms with Crippen LogP contribution in [0.2, 0.25) is 0 Å². The van der Waals surface area contributed by atoms with Crippen molar-refractivity contribution in [2.45, 2.75) is 37.9 Å². The summed E-state index contributed by atoms with van der Waals surface area (Å²) in [5.41, 5.74) is 7.60. The maximum Gasteiger partial charge on any atom is 0.316 e. The molecule has 1 spiro atoms. The average molecular weight is 473 g/mol. The fourth-order valence-corrected chi connectivity index (χ4v) is 4.87. The zero-order valence-corrected chi connectivity index (χ0v) is 19.9. The number of nitrogens with two attached hydrogens (primary N) is 1. The minimum Gasteiger partial charge on any atom is -0.368 e. The summed E-state index contributed by atoms with van der Waals surface area (Å²) in [5.74, 6) is 0.0844. The number of likely N-dealkylation sites (tertiary alicyclic amines) is 1. The third-order valence-electron chi connectivity index (χ3n) is 6.46. The van der Waals surface area contributed by atoms with Crippen molar-refractivity contribution in [2.24, 2.45) is 5.73 Å². The Balaban J connectivity index is 0.00000306. The van der Waals surface area contributed by atoms with E-state index in [2.05, 4.69) is 17.1 Å². The van der Waals surface area contributed by atoms with Gasteiger partial charge in [-0.15, -0.1) is 12.4 Å². The molecule has 1 atom stereocenters. The smallest absolute Gasteiger partial charge is 0.316 e. The predicted molar refractivity (Wildman–Crippen MR) is 132 cm³/mol. The van der Waals surface area contributed by atoms with E-state index in [1.807, 2.05) is 59.5 Å². The Hall–Kier alpha value is -2.61. The Morgan fingerprint density at radius 2 is 1.76 bits per heavy atom. The number of carbonyl (C=O) groups is 2. The fourth-order valence-electron chi connectivity index (χ4n) is 4.87. The van der Waals surface area contributed by atoms with Gasteiger partial charge in [-0.1, -0.05) is 36.4 Å². The van der Waals surface area contributed by atoms with Crippen LogP contribution < -0.4 is 11.1 Å².